The zero-order valence-electron chi connectivity index (χ0n) is 9.53. The highest BCUT2D eigenvalue weighted by Crippen LogP contribution is 2.32. The number of alkyl halides is 1. The number of hydrogen-bond acceptors (Lipinski definition) is 4. The van der Waals surface area contributed by atoms with Gasteiger partial charge in [-0.3, -0.25) is 9.69 Å². The average molecular weight is 304 g/mol. The van der Waals surface area contributed by atoms with Crippen LogP contribution in [0.25, 0.3) is 0 Å². The average Bonchev–Trinajstić information content (AvgIpc) is 2.70. The van der Waals surface area contributed by atoms with Crippen molar-refractivity contribution in [3.63, 3.8) is 0 Å². The summed E-state index contributed by atoms with van der Waals surface area (Å²) in [5.41, 5.74) is -0.00745. The fraction of sp³-hybridized carbons (Fsp3) is 0.700. The molecule has 16 heavy (non-hydrogen) atoms. The minimum atomic E-state index is -0.00745. The Bertz CT molecular complexity index is 412. The lowest BCUT2D eigenvalue weighted by atomic mass is 9.98. The van der Waals surface area contributed by atoms with Crippen LogP contribution in [0.1, 0.15) is 32.2 Å². The van der Waals surface area contributed by atoms with Crippen LogP contribution in [-0.2, 0) is 10.2 Å². The number of aromatic nitrogens is 2. The van der Waals surface area contributed by atoms with Crippen molar-refractivity contribution in [3.8, 4) is 0 Å². The summed E-state index contributed by atoms with van der Waals surface area (Å²) in [5.74, 6) is 0.124. The van der Waals surface area contributed by atoms with Gasteiger partial charge in [0.15, 0.2) is 0 Å². The molecular weight excluding hydrogens is 290 g/mol. The maximum absolute atomic E-state index is 11.7. The van der Waals surface area contributed by atoms with Crippen molar-refractivity contribution in [1.29, 1.82) is 0 Å². The molecule has 0 aliphatic carbocycles. The van der Waals surface area contributed by atoms with Gasteiger partial charge in [0, 0.05) is 23.2 Å². The molecule has 1 aliphatic rings. The van der Waals surface area contributed by atoms with Gasteiger partial charge in [-0.15, -0.1) is 10.2 Å². The monoisotopic (exact) mass is 303 g/mol. The standard InChI is InChI=1S/C10H14BrN3OS/c1-10(2,3)8-12-13-9(16-8)14-5-6(11)4-7(14)15/h6H,4-5H2,1-3H3. The van der Waals surface area contributed by atoms with Crippen LogP contribution in [0.15, 0.2) is 0 Å². The van der Waals surface area contributed by atoms with Crippen molar-refractivity contribution in [2.45, 2.75) is 37.4 Å². The zero-order chi connectivity index (χ0) is 11.9. The third-order valence-corrected chi connectivity index (χ3v) is 4.35. The first-order valence-corrected chi connectivity index (χ1v) is 6.89. The number of nitrogens with zero attached hydrogens (tertiary/aromatic N) is 3. The molecule has 0 bridgehead atoms. The van der Waals surface area contributed by atoms with Gasteiger partial charge in [0.1, 0.15) is 5.01 Å². The van der Waals surface area contributed by atoms with Crippen molar-refractivity contribution in [2.75, 3.05) is 11.4 Å². The van der Waals surface area contributed by atoms with E-state index >= 15 is 0 Å². The lowest BCUT2D eigenvalue weighted by Crippen LogP contribution is -2.24. The summed E-state index contributed by atoms with van der Waals surface area (Å²) in [6.07, 6.45) is 0.546. The number of rotatable bonds is 1. The summed E-state index contributed by atoms with van der Waals surface area (Å²) in [6, 6.07) is 0. The first-order chi connectivity index (χ1) is 7.38. The van der Waals surface area contributed by atoms with Crippen LogP contribution in [0.2, 0.25) is 0 Å². The number of carbonyl (C=O) groups excluding carboxylic acids is 1. The Morgan fingerprint density at radius 3 is 2.56 bits per heavy atom. The summed E-state index contributed by atoms with van der Waals surface area (Å²) in [6.45, 7) is 6.97. The van der Waals surface area contributed by atoms with Crippen LogP contribution in [0, 0.1) is 0 Å². The van der Waals surface area contributed by atoms with E-state index < -0.39 is 0 Å². The van der Waals surface area contributed by atoms with Gasteiger partial charge in [0.2, 0.25) is 11.0 Å². The number of halogens is 1. The van der Waals surface area contributed by atoms with E-state index in [2.05, 4.69) is 46.9 Å². The van der Waals surface area contributed by atoms with Gasteiger partial charge in [-0.05, 0) is 0 Å². The zero-order valence-corrected chi connectivity index (χ0v) is 11.9. The topological polar surface area (TPSA) is 46.1 Å². The Labute approximate surface area is 107 Å². The highest BCUT2D eigenvalue weighted by atomic mass is 79.9. The second kappa shape index (κ2) is 4.07. The van der Waals surface area contributed by atoms with Gasteiger partial charge in [-0.25, -0.2) is 0 Å². The molecule has 1 aromatic heterocycles. The predicted molar refractivity (Wildman–Crippen MR) is 68.3 cm³/mol. The summed E-state index contributed by atoms with van der Waals surface area (Å²) in [5, 5.41) is 9.94. The van der Waals surface area contributed by atoms with Gasteiger partial charge < -0.3 is 0 Å². The van der Waals surface area contributed by atoms with Crippen molar-refractivity contribution in [1.82, 2.24) is 10.2 Å². The fourth-order valence-corrected chi connectivity index (χ4v) is 2.97. The van der Waals surface area contributed by atoms with Crippen LogP contribution >= 0.6 is 27.3 Å². The molecule has 1 fully saturated rings. The van der Waals surface area contributed by atoms with E-state index in [1.165, 1.54) is 11.3 Å². The predicted octanol–water partition coefficient (Wildman–Crippen LogP) is 2.34. The Kier molecular flexibility index (Phi) is 3.05. The Balaban J connectivity index is 2.23. The smallest absolute Gasteiger partial charge is 0.230 e. The van der Waals surface area contributed by atoms with E-state index in [1.807, 2.05) is 0 Å². The Hall–Kier alpha value is -0.490. The van der Waals surface area contributed by atoms with Gasteiger partial charge in [-0.1, -0.05) is 48.0 Å². The summed E-state index contributed by atoms with van der Waals surface area (Å²) in [4.78, 5) is 13.6. The molecule has 0 radical (unpaired) electrons. The van der Waals surface area contributed by atoms with Crippen LogP contribution in [0.4, 0.5) is 5.13 Å². The molecule has 2 rings (SSSR count). The largest absolute Gasteiger partial charge is 0.286 e. The number of amides is 1. The molecule has 0 N–H and O–H groups in total. The summed E-state index contributed by atoms with van der Waals surface area (Å²) < 4.78 is 0. The highest BCUT2D eigenvalue weighted by molar-refractivity contribution is 9.09. The van der Waals surface area contributed by atoms with E-state index in [-0.39, 0.29) is 16.1 Å². The fourth-order valence-electron chi connectivity index (χ4n) is 1.48. The number of anilines is 1. The molecule has 6 heteroatoms. The molecule has 1 unspecified atom stereocenters. The number of hydrogen-bond donors (Lipinski definition) is 0. The van der Waals surface area contributed by atoms with Crippen LogP contribution in [0.5, 0.6) is 0 Å². The maximum Gasteiger partial charge on any atom is 0.230 e. The van der Waals surface area contributed by atoms with Gasteiger partial charge in [0.25, 0.3) is 0 Å². The highest BCUT2D eigenvalue weighted by Gasteiger charge is 2.32. The second-order valence-corrected chi connectivity index (χ2v) is 7.20. The third kappa shape index (κ3) is 2.27. The van der Waals surface area contributed by atoms with E-state index in [0.717, 1.165) is 10.1 Å². The normalized spacial score (nSPS) is 21.9. The molecule has 4 nitrogen and oxygen atoms in total. The van der Waals surface area contributed by atoms with E-state index in [9.17, 15) is 4.79 Å². The number of carbonyl (C=O) groups is 1. The van der Waals surface area contributed by atoms with Crippen molar-refractivity contribution >= 4 is 38.3 Å². The van der Waals surface area contributed by atoms with Gasteiger partial charge in [0.05, 0.1) is 0 Å². The minimum Gasteiger partial charge on any atom is -0.286 e. The first kappa shape index (κ1) is 12.0. The molecule has 0 aromatic carbocycles. The molecule has 1 aliphatic heterocycles. The minimum absolute atomic E-state index is 0.00745. The lowest BCUT2D eigenvalue weighted by Gasteiger charge is -2.13. The molecule has 1 saturated heterocycles. The van der Waals surface area contributed by atoms with Crippen LogP contribution < -0.4 is 4.90 Å². The molecular formula is C10H14BrN3OS. The van der Waals surface area contributed by atoms with Gasteiger partial charge in [-0.2, -0.15) is 0 Å². The second-order valence-electron chi connectivity index (χ2n) is 4.95. The molecule has 2 heterocycles. The third-order valence-electron chi connectivity index (χ3n) is 2.36. The van der Waals surface area contributed by atoms with Gasteiger partial charge >= 0.3 is 0 Å². The van der Waals surface area contributed by atoms with Crippen molar-refractivity contribution in [3.05, 3.63) is 5.01 Å². The molecule has 1 aromatic rings. The maximum atomic E-state index is 11.7. The quantitative estimate of drug-likeness (QED) is 0.748. The van der Waals surface area contributed by atoms with Crippen molar-refractivity contribution in [2.24, 2.45) is 0 Å². The van der Waals surface area contributed by atoms with E-state index in [1.54, 1.807) is 4.90 Å². The van der Waals surface area contributed by atoms with E-state index in [4.69, 9.17) is 0 Å². The van der Waals surface area contributed by atoms with E-state index in [0.29, 0.717) is 13.0 Å². The van der Waals surface area contributed by atoms with Crippen LogP contribution in [0.3, 0.4) is 0 Å². The Morgan fingerprint density at radius 1 is 1.44 bits per heavy atom. The van der Waals surface area contributed by atoms with Crippen LogP contribution in [-0.4, -0.2) is 27.5 Å². The Morgan fingerprint density at radius 2 is 2.12 bits per heavy atom. The molecule has 1 atom stereocenters. The SMILES string of the molecule is CC(C)(C)c1nnc(N2CC(Br)CC2=O)s1. The molecule has 0 spiro atoms. The molecule has 88 valence electrons. The summed E-state index contributed by atoms with van der Waals surface area (Å²) >= 11 is 4.96. The lowest BCUT2D eigenvalue weighted by molar-refractivity contribution is -0.117. The molecule has 1 amide bonds. The summed E-state index contributed by atoms with van der Waals surface area (Å²) in [7, 11) is 0. The van der Waals surface area contributed by atoms with Crippen molar-refractivity contribution < 1.29 is 4.79 Å². The molecule has 0 saturated carbocycles. The first-order valence-electron chi connectivity index (χ1n) is 5.16.